The van der Waals surface area contributed by atoms with Gasteiger partial charge in [-0.15, -0.1) is 0 Å². The molecule has 0 spiro atoms. The summed E-state index contributed by atoms with van der Waals surface area (Å²) in [5.41, 5.74) is 2.72. The summed E-state index contributed by atoms with van der Waals surface area (Å²) in [6.07, 6.45) is 10.3. The first kappa shape index (κ1) is 50.7. The molecule has 0 bridgehead atoms. The Labute approximate surface area is 347 Å². The molecule has 2 aromatic rings. The van der Waals surface area contributed by atoms with E-state index in [-0.39, 0.29) is 58.5 Å². The molecule has 2 aliphatic rings. The average Bonchev–Trinajstić information content (AvgIpc) is 3.45. The van der Waals surface area contributed by atoms with Crippen LogP contribution in [0.1, 0.15) is 181 Å². The van der Waals surface area contributed by atoms with Crippen LogP contribution in [0.25, 0.3) is 0 Å². The molecule has 0 amide bonds. The number of alkyl halides is 2. The van der Waals surface area contributed by atoms with Crippen molar-refractivity contribution in [1.29, 1.82) is 0 Å². The lowest BCUT2D eigenvalue weighted by Crippen LogP contribution is -2.53. The smallest absolute Gasteiger partial charge is 0.250 e. The molecule has 4 rings (SSSR count). The predicted molar refractivity (Wildman–Crippen MR) is 236 cm³/mol. The van der Waals surface area contributed by atoms with Crippen molar-refractivity contribution in [2.45, 2.75) is 221 Å². The Kier molecular flexibility index (Phi) is 18.0. The lowest BCUT2D eigenvalue weighted by molar-refractivity contribution is -0.0717. The Bertz CT molecular complexity index is 1430. The summed E-state index contributed by atoms with van der Waals surface area (Å²) in [5.74, 6) is -0.830. The van der Waals surface area contributed by atoms with Gasteiger partial charge in [-0.1, -0.05) is 62.3 Å². The van der Waals surface area contributed by atoms with Crippen LogP contribution in [-0.4, -0.2) is 75.4 Å². The van der Waals surface area contributed by atoms with E-state index in [1.807, 2.05) is 33.2 Å². The summed E-state index contributed by atoms with van der Waals surface area (Å²) >= 11 is 0. The Morgan fingerprint density at radius 3 is 1.81 bits per heavy atom. The number of nitrogens with zero attached hydrogens (tertiary/aromatic N) is 4. The van der Waals surface area contributed by atoms with E-state index in [0.717, 1.165) is 43.9 Å². The molecular formula is C47H84F2N6O2. The van der Waals surface area contributed by atoms with Gasteiger partial charge in [0.1, 0.15) is 11.9 Å². The van der Waals surface area contributed by atoms with Crippen LogP contribution in [0, 0.1) is 5.41 Å². The van der Waals surface area contributed by atoms with Gasteiger partial charge in [0.2, 0.25) is 11.8 Å². The fourth-order valence-corrected chi connectivity index (χ4v) is 6.59. The maximum atomic E-state index is 13.5. The number of hydrogen-bond acceptors (Lipinski definition) is 8. The third-order valence-electron chi connectivity index (χ3n) is 9.65. The number of pyridine rings is 1. The number of aromatic nitrogens is 3. The van der Waals surface area contributed by atoms with E-state index in [0.29, 0.717) is 24.4 Å². The third kappa shape index (κ3) is 21.9. The maximum absolute atomic E-state index is 13.5. The summed E-state index contributed by atoms with van der Waals surface area (Å²) in [7, 11) is 0. The van der Waals surface area contributed by atoms with Crippen molar-refractivity contribution >= 4 is 5.82 Å². The molecular weight excluding hydrogens is 719 g/mol. The van der Waals surface area contributed by atoms with Crippen LogP contribution in [0.5, 0.6) is 5.88 Å². The van der Waals surface area contributed by atoms with E-state index in [9.17, 15) is 8.78 Å². The monoisotopic (exact) mass is 803 g/mol. The first-order valence-corrected chi connectivity index (χ1v) is 21.5. The molecule has 2 aromatic heterocycles. The first-order chi connectivity index (χ1) is 25.7. The molecule has 1 aliphatic heterocycles. The highest BCUT2D eigenvalue weighted by Crippen LogP contribution is 2.31. The fourth-order valence-electron chi connectivity index (χ4n) is 6.59. The number of anilines is 1. The molecule has 2 N–H and O–H groups in total. The van der Waals surface area contributed by atoms with Gasteiger partial charge in [0.05, 0.1) is 30.3 Å². The van der Waals surface area contributed by atoms with Gasteiger partial charge in [-0.2, -0.15) is 0 Å². The van der Waals surface area contributed by atoms with Crippen molar-refractivity contribution in [3.63, 3.8) is 0 Å². The summed E-state index contributed by atoms with van der Waals surface area (Å²) in [4.78, 5) is 15.8. The molecule has 0 radical (unpaired) electrons. The van der Waals surface area contributed by atoms with Crippen molar-refractivity contribution in [2.24, 2.45) is 5.41 Å². The van der Waals surface area contributed by atoms with Gasteiger partial charge in [-0.25, -0.2) is 18.7 Å². The van der Waals surface area contributed by atoms with Crippen LogP contribution in [0.4, 0.5) is 14.6 Å². The first-order valence-electron chi connectivity index (χ1n) is 21.5. The number of hydrogen-bond donors (Lipinski definition) is 2. The van der Waals surface area contributed by atoms with Crippen LogP contribution >= 0.6 is 0 Å². The number of rotatable bonds is 11. The largest absolute Gasteiger partial charge is 0.473 e. The highest BCUT2D eigenvalue weighted by molar-refractivity contribution is 5.44. The molecule has 1 saturated heterocycles. The van der Waals surface area contributed by atoms with Gasteiger partial charge in [-0.05, 0) is 123 Å². The van der Waals surface area contributed by atoms with Gasteiger partial charge in [0, 0.05) is 60.7 Å². The third-order valence-corrected chi connectivity index (χ3v) is 9.65. The molecule has 1 aliphatic carbocycles. The van der Waals surface area contributed by atoms with Crippen molar-refractivity contribution in [2.75, 3.05) is 24.6 Å². The van der Waals surface area contributed by atoms with E-state index >= 15 is 0 Å². The maximum Gasteiger partial charge on any atom is 0.250 e. The van der Waals surface area contributed by atoms with E-state index in [1.165, 1.54) is 12.0 Å². The van der Waals surface area contributed by atoms with E-state index in [4.69, 9.17) is 9.47 Å². The Morgan fingerprint density at radius 2 is 1.32 bits per heavy atom. The van der Waals surface area contributed by atoms with Crippen molar-refractivity contribution in [3.05, 3.63) is 42.0 Å². The SMILES string of the molecule is CC(C)(C)CCCC(F)(F)CCOC(C)(C)C.CC(C)(C)NC1CC(Oc2cnc(C(C)(C)C)cn2)C1.CC(C)(C)NC1CCN(c2cc(C(C)(C)C)ccn2)C1. The molecule has 10 heteroatoms. The fraction of sp³-hybridized carbons (Fsp3) is 0.809. The Balaban J connectivity index is 0.000000297. The normalized spacial score (nSPS) is 19.6. The van der Waals surface area contributed by atoms with Crippen LogP contribution in [0.3, 0.4) is 0 Å². The molecule has 2 fully saturated rings. The highest BCUT2D eigenvalue weighted by Gasteiger charge is 2.34. The lowest BCUT2D eigenvalue weighted by Gasteiger charge is -2.39. The van der Waals surface area contributed by atoms with Crippen molar-refractivity contribution < 1.29 is 18.3 Å². The second-order valence-electron chi connectivity index (χ2n) is 22.8. The summed E-state index contributed by atoms with van der Waals surface area (Å²) in [6, 6.07) is 5.50. The molecule has 328 valence electrons. The molecule has 8 nitrogen and oxygen atoms in total. The quantitative estimate of drug-likeness (QED) is 0.232. The zero-order valence-corrected chi connectivity index (χ0v) is 39.6. The number of nitrogens with one attached hydrogen (secondary N) is 2. The van der Waals surface area contributed by atoms with Gasteiger partial charge in [0.25, 0.3) is 0 Å². The lowest BCUT2D eigenvalue weighted by atomic mass is 9.87. The molecule has 1 unspecified atom stereocenters. The predicted octanol–water partition coefficient (Wildman–Crippen LogP) is 11.5. The standard InChI is InChI=1S/C17H29N3.C16H27N3O.C14H28F2O/c1-16(2,3)13-7-9-18-15(11-13)20-10-8-14(12-20)19-17(4,5)6;1-15(2,3)13-9-18-14(10-17-13)20-12-7-11(8-12)19-16(4,5)6;1-12(2,3)8-7-9-14(15,16)10-11-17-13(4,5)6/h7,9,11,14,19H,8,10,12H2,1-6H3;9-12,19H,7-8H2,1-6H3;7-11H2,1-6H3. The average molecular weight is 803 g/mol. The van der Waals surface area contributed by atoms with Gasteiger partial charge < -0.3 is 25.0 Å². The van der Waals surface area contributed by atoms with Gasteiger partial charge in [0.15, 0.2) is 0 Å². The molecule has 1 atom stereocenters. The Morgan fingerprint density at radius 1 is 0.719 bits per heavy atom. The summed E-state index contributed by atoms with van der Waals surface area (Å²) in [6.45, 7) is 40.6. The minimum atomic E-state index is -2.59. The van der Waals surface area contributed by atoms with Crippen LogP contribution in [0.2, 0.25) is 0 Å². The zero-order valence-electron chi connectivity index (χ0n) is 39.6. The second kappa shape index (κ2) is 20.2. The van der Waals surface area contributed by atoms with Crippen LogP contribution in [-0.2, 0) is 15.6 Å². The highest BCUT2D eigenvalue weighted by atomic mass is 19.3. The zero-order chi connectivity index (χ0) is 43.7. The molecule has 57 heavy (non-hydrogen) atoms. The van der Waals surface area contributed by atoms with E-state index in [1.54, 1.807) is 6.20 Å². The molecule has 1 saturated carbocycles. The molecule has 0 aromatic carbocycles. The van der Waals surface area contributed by atoms with Crippen molar-refractivity contribution in [1.82, 2.24) is 25.6 Å². The minimum absolute atomic E-state index is 0.0300. The van der Waals surface area contributed by atoms with Gasteiger partial charge >= 0.3 is 0 Å². The number of ether oxygens (including phenoxy) is 2. The number of halogens is 2. The van der Waals surface area contributed by atoms with Gasteiger partial charge in [-0.3, -0.25) is 4.98 Å². The van der Waals surface area contributed by atoms with Crippen molar-refractivity contribution in [3.8, 4) is 5.88 Å². The second-order valence-corrected chi connectivity index (χ2v) is 22.8. The van der Waals surface area contributed by atoms with Crippen LogP contribution < -0.4 is 20.3 Å². The topological polar surface area (TPSA) is 84.4 Å². The summed E-state index contributed by atoms with van der Waals surface area (Å²) in [5, 5.41) is 7.28. The van der Waals surface area contributed by atoms with E-state index in [2.05, 4.69) is 146 Å². The molecule has 3 heterocycles. The summed E-state index contributed by atoms with van der Waals surface area (Å²) < 4.78 is 38.2. The minimum Gasteiger partial charge on any atom is -0.473 e. The van der Waals surface area contributed by atoms with Crippen LogP contribution in [0.15, 0.2) is 30.7 Å². The van der Waals surface area contributed by atoms with E-state index < -0.39 is 5.92 Å². The Hall–Kier alpha value is -2.43.